The fourth-order valence-corrected chi connectivity index (χ4v) is 3.32. The van der Waals surface area contributed by atoms with Gasteiger partial charge in [-0.15, -0.1) is 0 Å². The van der Waals surface area contributed by atoms with Crippen molar-refractivity contribution in [1.29, 1.82) is 0 Å². The third kappa shape index (κ3) is 6.73. The average molecular weight is 461 g/mol. The molecule has 34 heavy (non-hydrogen) atoms. The quantitative estimate of drug-likeness (QED) is 0.312. The maximum Gasteiger partial charge on any atom is 0.303 e. The molecule has 3 rings (SSSR count). The molecule has 3 aromatic carbocycles. The highest BCUT2D eigenvalue weighted by Gasteiger charge is 2.22. The summed E-state index contributed by atoms with van der Waals surface area (Å²) in [7, 11) is 0. The summed E-state index contributed by atoms with van der Waals surface area (Å²) in [6, 6.07) is 21.2. The fourth-order valence-electron chi connectivity index (χ4n) is 3.32. The van der Waals surface area contributed by atoms with Gasteiger partial charge >= 0.3 is 5.97 Å². The van der Waals surface area contributed by atoms with Gasteiger partial charge in [0.25, 0.3) is 11.6 Å². The zero-order valence-corrected chi connectivity index (χ0v) is 18.1. The van der Waals surface area contributed by atoms with E-state index in [0.717, 1.165) is 11.1 Å². The van der Waals surface area contributed by atoms with Gasteiger partial charge in [0, 0.05) is 30.7 Å². The maximum absolute atomic E-state index is 12.7. The lowest BCUT2D eigenvalue weighted by molar-refractivity contribution is -0.384. The molecule has 0 aliphatic rings. The average Bonchev–Trinajstić information content (AvgIpc) is 2.85. The number of carboxylic acids is 1. The molecule has 0 bridgehead atoms. The van der Waals surface area contributed by atoms with E-state index in [-0.39, 0.29) is 25.1 Å². The molecule has 0 fully saturated rings. The molecule has 9 heteroatoms. The molecule has 0 unspecified atom stereocenters. The van der Waals surface area contributed by atoms with Gasteiger partial charge in [-0.1, -0.05) is 54.6 Å². The number of nitro benzene ring substituents is 1. The van der Waals surface area contributed by atoms with Crippen molar-refractivity contribution in [3.63, 3.8) is 0 Å². The Morgan fingerprint density at radius 2 is 1.59 bits per heavy atom. The number of non-ortho nitro benzene ring substituents is 1. The second-order valence-corrected chi connectivity index (χ2v) is 7.55. The van der Waals surface area contributed by atoms with E-state index < -0.39 is 28.7 Å². The molecule has 0 saturated heterocycles. The van der Waals surface area contributed by atoms with Gasteiger partial charge in [0.05, 0.1) is 4.92 Å². The lowest BCUT2D eigenvalue weighted by atomic mass is 10.0. The molecule has 0 spiro atoms. The number of hydrogen-bond donors (Lipinski definition) is 3. The number of rotatable bonds is 10. The molecule has 0 aromatic heterocycles. The van der Waals surface area contributed by atoms with Crippen molar-refractivity contribution in [2.75, 3.05) is 0 Å². The van der Waals surface area contributed by atoms with Crippen LogP contribution >= 0.6 is 0 Å². The lowest BCUT2D eigenvalue weighted by Crippen LogP contribution is -2.46. The molecule has 3 N–H and O–H groups in total. The van der Waals surface area contributed by atoms with Gasteiger partial charge in [-0.3, -0.25) is 24.5 Å². The monoisotopic (exact) mass is 461 g/mol. The van der Waals surface area contributed by atoms with Crippen LogP contribution in [0.1, 0.15) is 28.8 Å². The summed E-state index contributed by atoms with van der Waals surface area (Å²) in [6.07, 6.45) is -0.425. The van der Waals surface area contributed by atoms with Gasteiger partial charge in [-0.05, 0) is 35.2 Å². The predicted octanol–water partition coefficient (Wildman–Crippen LogP) is 3.54. The second-order valence-electron chi connectivity index (χ2n) is 7.55. The molecule has 174 valence electrons. The minimum atomic E-state index is -1.10. The number of amides is 2. The number of benzene rings is 3. The molecular formula is C25H23N3O6. The highest BCUT2D eigenvalue weighted by atomic mass is 16.6. The summed E-state index contributed by atoms with van der Waals surface area (Å²) in [6.45, 7) is -0.00821. The fraction of sp³-hybridized carbons (Fsp3) is 0.160. The Morgan fingerprint density at radius 3 is 2.24 bits per heavy atom. The molecule has 0 heterocycles. The van der Waals surface area contributed by atoms with Crippen LogP contribution in [0.25, 0.3) is 11.1 Å². The van der Waals surface area contributed by atoms with Crippen molar-refractivity contribution in [3.8, 4) is 11.1 Å². The number of nitrogens with zero attached hydrogens (tertiary/aromatic N) is 1. The highest BCUT2D eigenvalue weighted by Crippen LogP contribution is 2.19. The van der Waals surface area contributed by atoms with E-state index in [2.05, 4.69) is 10.6 Å². The Morgan fingerprint density at radius 1 is 0.912 bits per heavy atom. The van der Waals surface area contributed by atoms with Gasteiger partial charge in [0.15, 0.2) is 0 Å². The third-order valence-electron chi connectivity index (χ3n) is 5.11. The molecule has 0 aliphatic heterocycles. The first-order valence-electron chi connectivity index (χ1n) is 10.5. The minimum absolute atomic E-state index is 0.00821. The zero-order chi connectivity index (χ0) is 24.5. The van der Waals surface area contributed by atoms with E-state index >= 15 is 0 Å². The van der Waals surface area contributed by atoms with Crippen LogP contribution in [0.3, 0.4) is 0 Å². The maximum atomic E-state index is 12.7. The first-order valence-corrected chi connectivity index (χ1v) is 10.5. The molecule has 9 nitrogen and oxygen atoms in total. The van der Waals surface area contributed by atoms with E-state index in [0.29, 0.717) is 11.1 Å². The molecule has 3 aromatic rings. The molecule has 0 saturated carbocycles. The van der Waals surface area contributed by atoms with Gasteiger partial charge in [0.2, 0.25) is 5.91 Å². The van der Waals surface area contributed by atoms with Crippen molar-refractivity contribution in [1.82, 2.24) is 10.6 Å². The van der Waals surface area contributed by atoms with Crippen molar-refractivity contribution < 1.29 is 24.4 Å². The number of hydrogen-bond acceptors (Lipinski definition) is 5. The molecular weight excluding hydrogens is 438 g/mol. The zero-order valence-electron chi connectivity index (χ0n) is 18.1. The van der Waals surface area contributed by atoms with E-state index in [4.69, 9.17) is 5.11 Å². The summed E-state index contributed by atoms with van der Waals surface area (Å²) >= 11 is 0. The molecule has 1 atom stereocenters. The lowest BCUT2D eigenvalue weighted by Gasteiger charge is -2.18. The highest BCUT2D eigenvalue weighted by molar-refractivity contribution is 5.98. The van der Waals surface area contributed by atoms with E-state index in [9.17, 15) is 24.5 Å². The Hall–Kier alpha value is -4.53. The topological polar surface area (TPSA) is 139 Å². The first kappa shape index (κ1) is 24.1. The van der Waals surface area contributed by atoms with E-state index in [1.54, 1.807) is 30.3 Å². The number of carbonyl (C=O) groups excluding carboxylic acids is 2. The van der Waals surface area contributed by atoms with Gasteiger partial charge in [-0.25, -0.2) is 0 Å². The molecule has 2 amide bonds. The number of carbonyl (C=O) groups is 3. The molecule has 0 aliphatic carbocycles. The Kier molecular flexibility index (Phi) is 8.07. The van der Waals surface area contributed by atoms with Crippen LogP contribution < -0.4 is 10.6 Å². The van der Waals surface area contributed by atoms with Crippen LogP contribution in [0.15, 0.2) is 78.9 Å². The summed E-state index contributed by atoms with van der Waals surface area (Å²) in [5.74, 6) is -2.19. The SMILES string of the molecule is O=C(O)CC[C@H](NC(=O)c1ccc(-c2ccccc2)cc1)C(=O)NCc1cccc([N+](=O)[O-])c1. The van der Waals surface area contributed by atoms with Crippen LogP contribution in [-0.2, 0) is 16.1 Å². The van der Waals surface area contributed by atoms with Crippen LogP contribution in [0.4, 0.5) is 5.69 Å². The first-order chi connectivity index (χ1) is 16.3. The van der Waals surface area contributed by atoms with Crippen molar-refractivity contribution in [2.24, 2.45) is 0 Å². The van der Waals surface area contributed by atoms with Crippen LogP contribution in [-0.4, -0.2) is 33.9 Å². The summed E-state index contributed by atoms with van der Waals surface area (Å²) in [4.78, 5) is 46.8. The second kappa shape index (κ2) is 11.4. The van der Waals surface area contributed by atoms with Crippen molar-refractivity contribution in [3.05, 3.63) is 100 Å². The van der Waals surface area contributed by atoms with E-state index in [1.165, 1.54) is 18.2 Å². The van der Waals surface area contributed by atoms with Crippen LogP contribution in [0.2, 0.25) is 0 Å². The summed E-state index contributed by atoms with van der Waals surface area (Å²) in [5, 5.41) is 25.1. The van der Waals surface area contributed by atoms with Crippen LogP contribution in [0.5, 0.6) is 0 Å². The Labute approximate surface area is 195 Å². The van der Waals surface area contributed by atoms with Crippen molar-refractivity contribution in [2.45, 2.75) is 25.4 Å². The van der Waals surface area contributed by atoms with E-state index in [1.807, 2.05) is 30.3 Å². The normalized spacial score (nSPS) is 11.3. The summed E-state index contributed by atoms with van der Waals surface area (Å²) in [5.41, 5.74) is 2.64. The van der Waals surface area contributed by atoms with Crippen LogP contribution in [0, 0.1) is 10.1 Å². The number of nitro groups is 1. The van der Waals surface area contributed by atoms with Gasteiger partial charge in [-0.2, -0.15) is 0 Å². The predicted molar refractivity (Wildman–Crippen MR) is 125 cm³/mol. The standard InChI is InChI=1S/C25H23N3O6/c29-23(30)14-13-22(25(32)26-16-17-5-4-8-21(15-17)28(33)34)27-24(31)20-11-9-19(10-12-20)18-6-2-1-3-7-18/h1-12,15,22H,13-14,16H2,(H,26,32)(H,27,31)(H,29,30)/t22-/m0/s1. The third-order valence-corrected chi connectivity index (χ3v) is 5.11. The Balaban J connectivity index is 1.67. The van der Waals surface area contributed by atoms with Gasteiger partial charge in [0.1, 0.15) is 6.04 Å². The Bertz CT molecular complexity index is 1180. The smallest absolute Gasteiger partial charge is 0.303 e. The summed E-state index contributed by atoms with van der Waals surface area (Å²) < 4.78 is 0. The van der Waals surface area contributed by atoms with Gasteiger partial charge < -0.3 is 15.7 Å². The number of nitrogens with one attached hydrogen (secondary N) is 2. The molecule has 0 radical (unpaired) electrons. The van der Waals surface area contributed by atoms with Crippen molar-refractivity contribution >= 4 is 23.5 Å². The largest absolute Gasteiger partial charge is 0.481 e. The minimum Gasteiger partial charge on any atom is -0.481 e. The number of carboxylic acid groups (broad SMARTS) is 1. The number of aliphatic carboxylic acids is 1.